The predicted molar refractivity (Wildman–Crippen MR) is 95.7 cm³/mol. The average Bonchev–Trinajstić information content (AvgIpc) is 2.82. The van der Waals surface area contributed by atoms with Gasteiger partial charge < -0.3 is 10.0 Å². The Labute approximate surface area is 147 Å². The Morgan fingerprint density at radius 2 is 1.71 bits per heavy atom. The third kappa shape index (κ3) is 3.04. The van der Waals surface area contributed by atoms with Crippen molar-refractivity contribution in [1.29, 1.82) is 0 Å². The summed E-state index contributed by atoms with van der Waals surface area (Å²) in [5.74, 6) is -0.376. The second-order valence-electron chi connectivity index (χ2n) is 6.33. The fourth-order valence-corrected chi connectivity index (χ4v) is 3.34. The summed E-state index contributed by atoms with van der Waals surface area (Å²) in [6, 6.07) is 17.0. The van der Waals surface area contributed by atoms with E-state index in [0.717, 1.165) is 16.7 Å². The first kappa shape index (κ1) is 16.6. The summed E-state index contributed by atoms with van der Waals surface area (Å²) >= 11 is 6.00. The molecule has 1 aliphatic heterocycles. The van der Waals surface area contributed by atoms with Crippen LogP contribution >= 0.6 is 11.6 Å². The van der Waals surface area contributed by atoms with Gasteiger partial charge in [0, 0.05) is 17.1 Å². The van der Waals surface area contributed by atoms with E-state index in [0.29, 0.717) is 11.6 Å². The quantitative estimate of drug-likeness (QED) is 0.860. The van der Waals surface area contributed by atoms with E-state index in [9.17, 15) is 9.90 Å². The molecular formula is C20H20ClNO2. The molecule has 1 aliphatic rings. The van der Waals surface area contributed by atoms with Crippen molar-refractivity contribution in [3.63, 3.8) is 0 Å². The van der Waals surface area contributed by atoms with Gasteiger partial charge in [0.2, 0.25) is 0 Å². The van der Waals surface area contributed by atoms with Gasteiger partial charge in [0.15, 0.2) is 5.76 Å². The van der Waals surface area contributed by atoms with Gasteiger partial charge in [0.1, 0.15) is 0 Å². The molecule has 1 heterocycles. The zero-order chi connectivity index (χ0) is 17.3. The van der Waals surface area contributed by atoms with Gasteiger partial charge >= 0.3 is 0 Å². The first-order chi connectivity index (χ1) is 11.5. The Balaban J connectivity index is 2.03. The molecule has 0 aromatic heterocycles. The van der Waals surface area contributed by atoms with Crippen LogP contribution in [0.5, 0.6) is 0 Å². The lowest BCUT2D eigenvalue weighted by Crippen LogP contribution is -2.30. The van der Waals surface area contributed by atoms with Crippen molar-refractivity contribution < 1.29 is 9.90 Å². The third-order valence-corrected chi connectivity index (χ3v) is 4.60. The zero-order valence-electron chi connectivity index (χ0n) is 13.7. The molecule has 4 heteroatoms. The molecule has 1 amide bonds. The van der Waals surface area contributed by atoms with E-state index in [-0.39, 0.29) is 23.6 Å². The lowest BCUT2D eigenvalue weighted by atomic mass is 9.91. The van der Waals surface area contributed by atoms with E-state index in [2.05, 4.69) is 0 Å². The van der Waals surface area contributed by atoms with Crippen LogP contribution in [0.25, 0.3) is 0 Å². The molecule has 24 heavy (non-hydrogen) atoms. The van der Waals surface area contributed by atoms with E-state index in [4.69, 9.17) is 11.6 Å². The van der Waals surface area contributed by atoms with Crippen LogP contribution in [0.3, 0.4) is 0 Å². The van der Waals surface area contributed by atoms with Crippen LogP contribution in [0.1, 0.15) is 31.0 Å². The maximum absolute atomic E-state index is 12.7. The lowest BCUT2D eigenvalue weighted by molar-refractivity contribution is -0.130. The third-order valence-electron chi connectivity index (χ3n) is 4.35. The largest absolute Gasteiger partial charge is 0.503 e. The fourth-order valence-electron chi connectivity index (χ4n) is 3.21. The molecule has 1 unspecified atom stereocenters. The maximum atomic E-state index is 12.7. The summed E-state index contributed by atoms with van der Waals surface area (Å²) in [6.45, 7) is 4.44. The molecule has 0 aliphatic carbocycles. The summed E-state index contributed by atoms with van der Waals surface area (Å²) < 4.78 is 0. The molecule has 1 N–H and O–H groups in total. The molecule has 3 rings (SSSR count). The molecule has 0 radical (unpaired) electrons. The second kappa shape index (κ2) is 6.70. The van der Waals surface area contributed by atoms with Crippen molar-refractivity contribution in [3.8, 4) is 0 Å². The number of carbonyl (C=O) groups excluding carboxylic acids is 1. The number of amides is 1. The number of rotatable bonds is 4. The molecule has 1 atom stereocenters. The molecule has 0 saturated heterocycles. The molecular weight excluding hydrogens is 322 g/mol. The van der Waals surface area contributed by atoms with Gasteiger partial charge in [-0.25, -0.2) is 0 Å². The molecule has 3 nitrogen and oxygen atoms in total. The van der Waals surface area contributed by atoms with E-state index in [1.807, 2.05) is 68.4 Å². The Kier molecular flexibility index (Phi) is 4.63. The summed E-state index contributed by atoms with van der Waals surface area (Å²) in [5, 5.41) is 11.1. The number of halogens is 1. The van der Waals surface area contributed by atoms with Crippen molar-refractivity contribution in [2.45, 2.75) is 26.4 Å². The first-order valence-corrected chi connectivity index (χ1v) is 8.40. The molecule has 0 fully saturated rings. The van der Waals surface area contributed by atoms with Crippen LogP contribution < -0.4 is 0 Å². The topological polar surface area (TPSA) is 40.5 Å². The van der Waals surface area contributed by atoms with Crippen molar-refractivity contribution in [2.24, 2.45) is 5.92 Å². The Hall–Kier alpha value is -2.26. The fraction of sp³-hybridized carbons (Fsp3) is 0.250. The van der Waals surface area contributed by atoms with Crippen LogP contribution in [0.15, 0.2) is 65.9 Å². The van der Waals surface area contributed by atoms with Crippen molar-refractivity contribution >= 4 is 17.5 Å². The van der Waals surface area contributed by atoms with Gasteiger partial charge in [-0.15, -0.1) is 0 Å². The van der Waals surface area contributed by atoms with Crippen molar-refractivity contribution in [2.75, 3.05) is 0 Å². The summed E-state index contributed by atoms with van der Waals surface area (Å²) in [7, 11) is 0. The monoisotopic (exact) mass is 341 g/mol. The van der Waals surface area contributed by atoms with Gasteiger partial charge in [-0.3, -0.25) is 4.79 Å². The van der Waals surface area contributed by atoms with Gasteiger partial charge in [0.25, 0.3) is 5.91 Å². The normalized spacial score (nSPS) is 17.9. The molecule has 2 aromatic rings. The van der Waals surface area contributed by atoms with Crippen LogP contribution in [0.2, 0.25) is 5.02 Å². The van der Waals surface area contributed by atoms with Gasteiger partial charge in [-0.2, -0.15) is 0 Å². The average molecular weight is 342 g/mol. The minimum atomic E-state index is -0.317. The van der Waals surface area contributed by atoms with Gasteiger partial charge in [-0.05, 0) is 29.2 Å². The highest BCUT2D eigenvalue weighted by Gasteiger charge is 2.41. The van der Waals surface area contributed by atoms with E-state index in [1.54, 1.807) is 4.90 Å². The SMILES string of the molecule is CC(C)C1=C(O)C(=O)N(Cc2ccccc2)C1c1ccc(Cl)cc1. The molecule has 2 aromatic carbocycles. The Morgan fingerprint density at radius 1 is 1.08 bits per heavy atom. The van der Waals surface area contributed by atoms with Crippen LogP contribution in [0.4, 0.5) is 0 Å². The smallest absolute Gasteiger partial charge is 0.289 e. The lowest BCUT2D eigenvalue weighted by Gasteiger charge is -2.28. The summed E-state index contributed by atoms with van der Waals surface area (Å²) in [4.78, 5) is 14.4. The highest BCUT2D eigenvalue weighted by Crippen LogP contribution is 2.41. The number of aliphatic hydroxyl groups is 1. The molecule has 0 saturated carbocycles. The summed E-state index contributed by atoms with van der Waals surface area (Å²) in [6.07, 6.45) is 0. The zero-order valence-corrected chi connectivity index (χ0v) is 14.5. The number of benzene rings is 2. The van der Waals surface area contributed by atoms with Crippen LogP contribution in [-0.4, -0.2) is 15.9 Å². The van der Waals surface area contributed by atoms with Crippen LogP contribution in [0, 0.1) is 5.92 Å². The molecule has 124 valence electrons. The highest BCUT2D eigenvalue weighted by atomic mass is 35.5. The Morgan fingerprint density at radius 3 is 2.29 bits per heavy atom. The summed E-state index contributed by atoms with van der Waals surface area (Å²) in [5.41, 5.74) is 2.75. The Bertz CT molecular complexity index is 766. The number of hydrogen-bond acceptors (Lipinski definition) is 2. The minimum absolute atomic E-state index is 0.0652. The van der Waals surface area contributed by atoms with Gasteiger partial charge in [0.05, 0.1) is 6.04 Å². The number of carbonyl (C=O) groups is 1. The van der Waals surface area contributed by atoms with E-state index < -0.39 is 0 Å². The standard InChI is InChI=1S/C20H20ClNO2/c1-13(2)17-18(15-8-10-16(21)11-9-15)22(20(24)19(17)23)12-14-6-4-3-5-7-14/h3-11,13,18,23H,12H2,1-2H3. The number of nitrogens with zero attached hydrogens (tertiary/aromatic N) is 1. The van der Waals surface area contributed by atoms with Crippen molar-refractivity contribution in [1.82, 2.24) is 4.90 Å². The van der Waals surface area contributed by atoms with Gasteiger partial charge in [-0.1, -0.05) is 67.9 Å². The number of aliphatic hydroxyl groups excluding tert-OH is 1. The maximum Gasteiger partial charge on any atom is 0.289 e. The molecule has 0 spiro atoms. The minimum Gasteiger partial charge on any atom is -0.503 e. The van der Waals surface area contributed by atoms with Crippen molar-refractivity contribution in [3.05, 3.63) is 82.1 Å². The van der Waals surface area contributed by atoms with E-state index >= 15 is 0 Å². The van der Waals surface area contributed by atoms with E-state index in [1.165, 1.54) is 0 Å². The highest BCUT2D eigenvalue weighted by molar-refractivity contribution is 6.30. The second-order valence-corrected chi connectivity index (χ2v) is 6.77. The van der Waals surface area contributed by atoms with Crippen LogP contribution in [-0.2, 0) is 11.3 Å². The first-order valence-electron chi connectivity index (χ1n) is 8.02. The predicted octanol–water partition coefficient (Wildman–Crippen LogP) is 4.89. The molecule has 0 bridgehead atoms. The number of hydrogen-bond donors (Lipinski definition) is 1.